The number of carbonyl (C=O) groups is 1. The Labute approximate surface area is 265 Å². The van der Waals surface area contributed by atoms with Crippen molar-refractivity contribution in [2.24, 2.45) is 0 Å². The van der Waals surface area contributed by atoms with E-state index >= 15 is 0 Å². The first kappa shape index (κ1) is 102. The second kappa shape index (κ2) is 58.8. The van der Waals surface area contributed by atoms with Crippen molar-refractivity contribution in [1.29, 1.82) is 0 Å². The van der Waals surface area contributed by atoms with Crippen molar-refractivity contribution in [3.05, 3.63) is 0 Å². The van der Waals surface area contributed by atoms with Crippen LogP contribution in [0.5, 0.6) is 0 Å². The van der Waals surface area contributed by atoms with E-state index in [1.165, 1.54) is 0 Å². The fraction of sp³-hybridized carbons (Fsp3) is 0.909. The van der Waals surface area contributed by atoms with E-state index in [1.807, 2.05) is 21.1 Å². The van der Waals surface area contributed by atoms with Gasteiger partial charge in [-0.1, -0.05) is 0 Å². The van der Waals surface area contributed by atoms with Gasteiger partial charge in [-0.2, -0.15) is 0 Å². The average molecular weight is 600 g/mol. The van der Waals surface area contributed by atoms with Crippen LogP contribution in [0.15, 0.2) is 0 Å². The maximum absolute atomic E-state index is 10.1. The summed E-state index contributed by atoms with van der Waals surface area (Å²) in [6.45, 7) is -0.588. The van der Waals surface area contributed by atoms with E-state index in [9.17, 15) is 4.79 Å². The number of likely N-dealkylation sites (N-methyl/N-ethyl adjacent to an activating group) is 1. The minimum atomic E-state index is -1.22. The van der Waals surface area contributed by atoms with Crippen molar-refractivity contribution >= 4 is 41.4 Å². The summed E-state index contributed by atoms with van der Waals surface area (Å²) < 4.78 is 0.578. The molecule has 0 fully saturated rings. The van der Waals surface area contributed by atoms with Crippen LogP contribution in [0.3, 0.4) is 0 Å². The summed E-state index contributed by atoms with van der Waals surface area (Å²) in [5, 5.41) is 50.6. The smallest absolute Gasteiger partial charge is 1.00 e. The van der Waals surface area contributed by atoms with Gasteiger partial charge < -0.3 is 105 Å². The summed E-state index contributed by atoms with van der Waals surface area (Å²) in [5.41, 5.74) is 0. The molecule has 0 amide bonds. The van der Waals surface area contributed by atoms with E-state index in [1.54, 1.807) is 0 Å². The molecule has 0 radical (unpaired) electrons. The number of aliphatic carboxylic acids is 1. The Balaban J connectivity index is -0.00000000892. The number of hydrogen-bond donors (Lipinski definition) is 6. The summed E-state index contributed by atoms with van der Waals surface area (Å²) in [7, 11) is 5.72. The van der Waals surface area contributed by atoms with Crippen molar-refractivity contribution in [2.45, 2.75) is 24.7 Å². The number of halogens is 3. The molecule has 16 nitrogen and oxygen atoms in total. The van der Waals surface area contributed by atoms with Crippen molar-refractivity contribution in [3.63, 3.8) is 0 Å². The van der Waals surface area contributed by atoms with Crippen molar-refractivity contribution in [2.75, 3.05) is 40.9 Å². The maximum atomic E-state index is 10.1. The summed E-state index contributed by atoms with van der Waals surface area (Å²) in [6.07, 6.45) is -3.36. The molecular formula is C11H44Cl3KMgNO15+. The van der Waals surface area contributed by atoms with E-state index < -0.39 is 37.5 Å². The molecule has 0 heterocycles. The standard InChI is InChI=1S/C7H15NO3.C4H10O4.3ClH.K.Mg.8H2O.H/c1-8(2,3)5-6(9)4-7(10)11;5-1-3(7)4(8)2-6;;;;;;;;;;;;;;/h6,9H,4-5H2,1-3H3;3-8H,1-2H2;3*1H;;;8*1H2;/q;;;;;+1;+2;;;;;;;;;-1/p-1/t6-;;;;;;;;;;;;;;;/m1.............../s1. The number of nitrogens with zero attached hydrogens (tertiary/aromatic N) is 1. The number of aliphatic hydroxyl groups is 5. The minimum Gasteiger partial charge on any atom is -1.00 e. The topological polar surface area (TPSA) is 390 Å². The van der Waals surface area contributed by atoms with Crippen LogP contribution < -0.4 is 76.2 Å². The third-order valence-electron chi connectivity index (χ3n) is 1.99. The molecule has 0 aliphatic rings. The largest absolute Gasteiger partial charge is 2.00 e. The maximum Gasteiger partial charge on any atom is 2.00 e. The number of carboxylic acids is 1. The Kier molecular flexibility index (Phi) is 188. The average Bonchev–Trinajstić information content (AvgIpc) is 2.23. The quantitative estimate of drug-likeness (QED) is 0.121. The van der Waals surface area contributed by atoms with Crippen LogP contribution in [-0.4, -0.2) is 167 Å². The van der Waals surface area contributed by atoms with Crippen LogP contribution in [0.25, 0.3) is 0 Å². The van der Waals surface area contributed by atoms with E-state index in [0.29, 0.717) is 11.0 Å². The molecule has 0 saturated carbocycles. The van der Waals surface area contributed by atoms with Gasteiger partial charge in [0.25, 0.3) is 0 Å². The predicted molar refractivity (Wildman–Crippen MR) is 110 cm³/mol. The van der Waals surface area contributed by atoms with Gasteiger partial charge in [0.1, 0.15) is 24.9 Å². The van der Waals surface area contributed by atoms with Gasteiger partial charge in [0.15, 0.2) is 0 Å². The molecule has 0 aromatic heterocycles. The number of rotatable bonds is 7. The van der Waals surface area contributed by atoms with Crippen LogP contribution in [0.4, 0.5) is 0 Å². The molecule has 3 atom stereocenters. The van der Waals surface area contributed by atoms with Crippen LogP contribution in [0.2, 0.25) is 0 Å². The SMILES string of the molecule is C[N+](C)(C)C[C@H](O)CC(=O)O.Cl.O.O.O.O.O.O.O.O.OCC(O)C(O)CO.[Cl-].[Cl-].[H-].[K+].[Mg+2]. The summed E-state index contributed by atoms with van der Waals surface area (Å²) in [6, 6.07) is 0. The number of hydrogen-bond acceptors (Lipinski definition) is 6. The van der Waals surface area contributed by atoms with Crippen LogP contribution in [0, 0.1) is 0 Å². The molecule has 0 aliphatic carbocycles. The van der Waals surface area contributed by atoms with Crippen molar-refractivity contribution < 1.29 is 161 Å². The zero-order chi connectivity index (χ0) is 15.6. The molecular weight excluding hydrogens is 556 g/mol. The number of carboxylic acid groups (broad SMARTS) is 1. The zero-order valence-electron chi connectivity index (χ0n) is 19.5. The van der Waals surface area contributed by atoms with Crippen LogP contribution in [-0.2, 0) is 4.79 Å². The van der Waals surface area contributed by atoms with Gasteiger partial charge in [0.05, 0.1) is 40.8 Å². The molecule has 0 aromatic carbocycles. The molecule has 0 spiro atoms. The normalized spacial score (nSPS) is 9.50. The van der Waals surface area contributed by atoms with Gasteiger partial charge in [-0.3, -0.25) is 4.79 Å². The Hall–Kier alpha value is 2.18. The first-order valence-corrected chi connectivity index (χ1v) is 5.81. The van der Waals surface area contributed by atoms with Gasteiger partial charge in [-0.05, 0) is 0 Å². The van der Waals surface area contributed by atoms with Crippen LogP contribution >= 0.6 is 12.4 Å². The van der Waals surface area contributed by atoms with Crippen molar-refractivity contribution in [1.82, 2.24) is 0 Å². The number of quaternary nitrogens is 1. The molecule has 2 unspecified atom stereocenters. The van der Waals surface area contributed by atoms with E-state index in [4.69, 9.17) is 30.6 Å². The van der Waals surface area contributed by atoms with Gasteiger partial charge in [-0.15, -0.1) is 12.4 Å². The Morgan fingerprint density at radius 2 is 1.00 bits per heavy atom. The first-order chi connectivity index (χ1) is 8.53. The first-order valence-electron chi connectivity index (χ1n) is 5.81. The van der Waals surface area contributed by atoms with Gasteiger partial charge in [-0.25, -0.2) is 0 Å². The fourth-order valence-corrected chi connectivity index (χ4v) is 1.14. The summed E-state index contributed by atoms with van der Waals surface area (Å²) in [5.74, 6) is -0.953. The molecule has 0 aromatic rings. The van der Waals surface area contributed by atoms with Gasteiger partial charge in [0, 0.05) is 0 Å². The predicted octanol–water partition coefficient (Wildman–Crippen LogP) is -18.2. The third-order valence-corrected chi connectivity index (χ3v) is 1.99. The third kappa shape index (κ3) is 85.0. The van der Waals surface area contributed by atoms with Gasteiger partial charge >= 0.3 is 80.4 Å². The molecule has 0 saturated heterocycles. The summed E-state index contributed by atoms with van der Waals surface area (Å²) in [4.78, 5) is 10.1. The molecule has 21 heteroatoms. The minimum absolute atomic E-state index is 0. The monoisotopic (exact) mass is 598 g/mol. The molecule has 206 valence electrons. The summed E-state index contributed by atoms with van der Waals surface area (Å²) >= 11 is 0. The van der Waals surface area contributed by atoms with E-state index in [2.05, 4.69) is 0 Å². The van der Waals surface area contributed by atoms with Crippen LogP contribution in [0.1, 0.15) is 7.85 Å². The molecule has 0 aliphatic heterocycles. The molecule has 0 bridgehead atoms. The zero-order valence-corrected chi connectivity index (χ0v) is 25.3. The Bertz CT molecular complexity index is 276. The fourth-order valence-electron chi connectivity index (χ4n) is 1.14. The molecule has 32 heavy (non-hydrogen) atoms. The van der Waals surface area contributed by atoms with Gasteiger partial charge in [0.2, 0.25) is 0 Å². The molecule has 0 rings (SSSR count). The Morgan fingerprint density at radius 1 is 0.781 bits per heavy atom. The second-order valence-corrected chi connectivity index (χ2v) is 5.22. The Morgan fingerprint density at radius 3 is 1.12 bits per heavy atom. The second-order valence-electron chi connectivity index (χ2n) is 5.22. The van der Waals surface area contributed by atoms with E-state index in [0.717, 1.165) is 0 Å². The van der Waals surface area contributed by atoms with E-state index in [-0.39, 0.29) is 163 Å². The van der Waals surface area contributed by atoms with Crippen molar-refractivity contribution in [3.8, 4) is 0 Å². The molecule has 22 N–H and O–H groups in total. The number of aliphatic hydroxyl groups excluding tert-OH is 5.